The molecule has 118 valence electrons. The third-order valence-corrected chi connectivity index (χ3v) is 3.49. The van der Waals surface area contributed by atoms with E-state index in [2.05, 4.69) is 10.1 Å². The molecule has 5 nitrogen and oxygen atoms in total. The lowest BCUT2D eigenvalue weighted by molar-refractivity contribution is 0.311. The monoisotopic (exact) mass is 330 g/mol. The summed E-state index contributed by atoms with van der Waals surface area (Å²) >= 11 is 5.88. The highest BCUT2D eigenvalue weighted by molar-refractivity contribution is 6.30. The van der Waals surface area contributed by atoms with E-state index in [0.717, 1.165) is 11.1 Å². The van der Waals surface area contributed by atoms with Crippen LogP contribution in [-0.2, 0) is 0 Å². The average molecular weight is 331 g/mol. The van der Waals surface area contributed by atoms with E-state index >= 15 is 0 Å². The largest absolute Gasteiger partial charge is 0.493 e. The van der Waals surface area contributed by atoms with Crippen LogP contribution in [0.2, 0.25) is 5.02 Å². The minimum absolute atomic E-state index is 0.435. The third-order valence-electron chi connectivity index (χ3n) is 3.24. The molecule has 1 aromatic heterocycles. The van der Waals surface area contributed by atoms with E-state index in [1.807, 2.05) is 37.3 Å². The van der Waals surface area contributed by atoms with Crippen LogP contribution in [0.5, 0.6) is 11.5 Å². The lowest BCUT2D eigenvalue weighted by Crippen LogP contribution is -1.95. The molecule has 0 amide bonds. The van der Waals surface area contributed by atoms with E-state index in [-0.39, 0.29) is 0 Å². The molecular weight excluding hydrogens is 316 g/mol. The van der Waals surface area contributed by atoms with E-state index in [1.54, 1.807) is 19.2 Å². The topological polar surface area (TPSA) is 57.4 Å². The maximum atomic E-state index is 5.88. The second-order valence-corrected chi connectivity index (χ2v) is 5.17. The van der Waals surface area contributed by atoms with Gasteiger partial charge < -0.3 is 14.0 Å². The van der Waals surface area contributed by atoms with Crippen LogP contribution < -0.4 is 9.47 Å². The summed E-state index contributed by atoms with van der Waals surface area (Å²) in [5.74, 6) is 2.23. The Morgan fingerprint density at radius 1 is 1.04 bits per heavy atom. The fraction of sp³-hybridized carbons (Fsp3) is 0.176. The molecule has 3 rings (SSSR count). The number of nitrogens with zero attached hydrogens (tertiary/aromatic N) is 2. The molecule has 3 aromatic rings. The smallest absolute Gasteiger partial charge is 0.258 e. The number of halogens is 1. The van der Waals surface area contributed by atoms with Crippen LogP contribution in [0.15, 0.2) is 47.0 Å². The van der Waals surface area contributed by atoms with Crippen molar-refractivity contribution in [1.82, 2.24) is 10.1 Å². The summed E-state index contributed by atoms with van der Waals surface area (Å²) in [5.41, 5.74) is 1.60. The number of aromatic nitrogens is 2. The summed E-state index contributed by atoms with van der Waals surface area (Å²) in [6.07, 6.45) is 0. The highest BCUT2D eigenvalue weighted by Crippen LogP contribution is 2.32. The van der Waals surface area contributed by atoms with Crippen molar-refractivity contribution < 1.29 is 14.0 Å². The molecule has 0 aliphatic heterocycles. The van der Waals surface area contributed by atoms with Crippen molar-refractivity contribution in [1.29, 1.82) is 0 Å². The van der Waals surface area contributed by atoms with Gasteiger partial charge in [-0.2, -0.15) is 4.98 Å². The molecule has 0 radical (unpaired) electrons. The van der Waals surface area contributed by atoms with Crippen molar-refractivity contribution in [2.24, 2.45) is 0 Å². The van der Waals surface area contributed by atoms with Gasteiger partial charge in [0.2, 0.25) is 5.82 Å². The minimum atomic E-state index is 0.435. The van der Waals surface area contributed by atoms with E-state index < -0.39 is 0 Å². The van der Waals surface area contributed by atoms with E-state index in [0.29, 0.717) is 34.8 Å². The second kappa shape index (κ2) is 6.71. The van der Waals surface area contributed by atoms with Crippen LogP contribution in [0, 0.1) is 0 Å². The predicted octanol–water partition coefficient (Wildman–Crippen LogP) is 4.46. The summed E-state index contributed by atoms with van der Waals surface area (Å²) in [6, 6.07) is 12.7. The number of rotatable bonds is 5. The summed E-state index contributed by atoms with van der Waals surface area (Å²) in [5, 5.41) is 4.68. The predicted molar refractivity (Wildman–Crippen MR) is 87.9 cm³/mol. The van der Waals surface area contributed by atoms with Gasteiger partial charge in [0.25, 0.3) is 5.89 Å². The Bertz CT molecular complexity index is 800. The van der Waals surface area contributed by atoms with E-state index in [4.69, 9.17) is 25.6 Å². The molecule has 0 saturated heterocycles. The Kier molecular flexibility index (Phi) is 4.48. The molecule has 0 N–H and O–H groups in total. The highest BCUT2D eigenvalue weighted by Gasteiger charge is 2.13. The fourth-order valence-corrected chi connectivity index (χ4v) is 2.26. The second-order valence-electron chi connectivity index (χ2n) is 4.73. The van der Waals surface area contributed by atoms with E-state index in [9.17, 15) is 0 Å². The zero-order valence-electron chi connectivity index (χ0n) is 12.7. The summed E-state index contributed by atoms with van der Waals surface area (Å²) in [4.78, 5) is 4.41. The van der Waals surface area contributed by atoms with Gasteiger partial charge in [0, 0.05) is 16.1 Å². The molecule has 0 spiro atoms. The first-order valence-corrected chi connectivity index (χ1v) is 7.50. The number of hydrogen-bond acceptors (Lipinski definition) is 5. The van der Waals surface area contributed by atoms with Gasteiger partial charge in [-0.05, 0) is 49.4 Å². The Morgan fingerprint density at radius 2 is 1.78 bits per heavy atom. The van der Waals surface area contributed by atoms with Gasteiger partial charge >= 0.3 is 0 Å². The number of methoxy groups -OCH3 is 1. The Balaban J connectivity index is 1.92. The summed E-state index contributed by atoms with van der Waals surface area (Å²) < 4.78 is 16.2. The Hall–Kier alpha value is -2.53. The molecule has 0 unspecified atom stereocenters. The fourth-order valence-electron chi connectivity index (χ4n) is 2.13. The van der Waals surface area contributed by atoms with Crippen LogP contribution >= 0.6 is 11.6 Å². The standard InChI is InChI=1S/C17H15ClN2O3/c1-3-22-14-9-6-12(10-15(14)21-2)16-19-17(23-20-16)11-4-7-13(18)8-5-11/h4-10H,3H2,1-2H3. The molecule has 0 saturated carbocycles. The Labute approximate surface area is 138 Å². The van der Waals surface area contributed by atoms with E-state index in [1.165, 1.54) is 0 Å². The van der Waals surface area contributed by atoms with Gasteiger partial charge in [-0.1, -0.05) is 16.8 Å². The molecule has 1 heterocycles. The van der Waals surface area contributed by atoms with Gasteiger partial charge in [-0.25, -0.2) is 0 Å². The van der Waals surface area contributed by atoms with Gasteiger partial charge in [0.15, 0.2) is 11.5 Å². The SMILES string of the molecule is CCOc1ccc(-c2noc(-c3ccc(Cl)cc3)n2)cc1OC. The Morgan fingerprint density at radius 3 is 2.48 bits per heavy atom. The third kappa shape index (κ3) is 3.29. The number of ether oxygens (including phenoxy) is 2. The van der Waals surface area contributed by atoms with Gasteiger partial charge in [0.05, 0.1) is 13.7 Å². The van der Waals surface area contributed by atoms with Crippen LogP contribution in [-0.4, -0.2) is 23.9 Å². The van der Waals surface area contributed by atoms with Gasteiger partial charge in [-0.15, -0.1) is 0 Å². The lowest BCUT2D eigenvalue weighted by Gasteiger charge is -2.09. The first-order chi connectivity index (χ1) is 11.2. The normalized spacial score (nSPS) is 10.6. The quantitative estimate of drug-likeness (QED) is 0.691. The maximum Gasteiger partial charge on any atom is 0.258 e. The molecule has 0 bridgehead atoms. The summed E-state index contributed by atoms with van der Waals surface area (Å²) in [7, 11) is 1.59. The lowest BCUT2D eigenvalue weighted by atomic mass is 10.2. The van der Waals surface area contributed by atoms with Crippen LogP contribution in [0.25, 0.3) is 22.8 Å². The van der Waals surface area contributed by atoms with Crippen LogP contribution in [0.3, 0.4) is 0 Å². The highest BCUT2D eigenvalue weighted by atomic mass is 35.5. The minimum Gasteiger partial charge on any atom is -0.493 e. The molecule has 0 fully saturated rings. The van der Waals surface area contributed by atoms with Crippen molar-refractivity contribution >= 4 is 11.6 Å². The first-order valence-electron chi connectivity index (χ1n) is 7.12. The zero-order valence-corrected chi connectivity index (χ0v) is 13.5. The molecule has 6 heteroatoms. The molecule has 0 aliphatic rings. The van der Waals surface area contributed by atoms with Crippen molar-refractivity contribution in [2.45, 2.75) is 6.92 Å². The van der Waals surface area contributed by atoms with Crippen molar-refractivity contribution in [3.8, 4) is 34.3 Å². The number of hydrogen-bond donors (Lipinski definition) is 0. The molecular formula is C17H15ClN2O3. The summed E-state index contributed by atoms with van der Waals surface area (Å²) in [6.45, 7) is 2.49. The molecule has 2 aromatic carbocycles. The van der Waals surface area contributed by atoms with Gasteiger partial charge in [-0.3, -0.25) is 0 Å². The molecule has 0 atom stereocenters. The average Bonchev–Trinajstić information content (AvgIpc) is 3.06. The van der Waals surface area contributed by atoms with Crippen LogP contribution in [0.1, 0.15) is 6.92 Å². The van der Waals surface area contributed by atoms with Crippen LogP contribution in [0.4, 0.5) is 0 Å². The van der Waals surface area contributed by atoms with Crippen molar-refractivity contribution in [3.05, 3.63) is 47.5 Å². The first kappa shape index (κ1) is 15.4. The number of benzene rings is 2. The molecule has 0 aliphatic carbocycles. The maximum absolute atomic E-state index is 5.88. The van der Waals surface area contributed by atoms with Gasteiger partial charge in [0.1, 0.15) is 0 Å². The molecule has 23 heavy (non-hydrogen) atoms. The van der Waals surface area contributed by atoms with Crippen molar-refractivity contribution in [2.75, 3.05) is 13.7 Å². The zero-order chi connectivity index (χ0) is 16.2. The van der Waals surface area contributed by atoms with Crippen molar-refractivity contribution in [3.63, 3.8) is 0 Å².